The van der Waals surface area contributed by atoms with Gasteiger partial charge in [0.2, 0.25) is 0 Å². The van der Waals surface area contributed by atoms with Crippen LogP contribution in [0.3, 0.4) is 0 Å². The van der Waals surface area contributed by atoms with Crippen molar-refractivity contribution < 1.29 is 4.79 Å². The van der Waals surface area contributed by atoms with E-state index in [4.69, 9.17) is 0 Å². The molecule has 2 heterocycles. The fourth-order valence-electron chi connectivity index (χ4n) is 3.20. The summed E-state index contributed by atoms with van der Waals surface area (Å²) in [5, 5.41) is 14.5. The molecule has 1 amide bonds. The number of carbonyl (C=O) groups excluding carboxylic acids is 1. The monoisotopic (exact) mass is 399 g/mol. The fourth-order valence-corrected chi connectivity index (χ4v) is 5.03. The lowest BCUT2D eigenvalue weighted by Gasteiger charge is -2.22. The summed E-state index contributed by atoms with van der Waals surface area (Å²) in [5.41, 5.74) is -0.211. The van der Waals surface area contributed by atoms with E-state index in [1.165, 1.54) is 33.7 Å². The van der Waals surface area contributed by atoms with E-state index < -0.39 is 5.91 Å². The molecule has 2 aromatic rings. The van der Waals surface area contributed by atoms with Crippen molar-refractivity contribution >= 4 is 40.2 Å². The highest BCUT2D eigenvalue weighted by Crippen LogP contribution is 2.17. The first-order chi connectivity index (χ1) is 13.1. The average molecular weight is 400 g/mol. The number of nitriles is 1. The average Bonchev–Trinajstić information content (AvgIpc) is 3.28. The third kappa shape index (κ3) is 4.46. The molecule has 0 atom stereocenters. The number of allylic oxidation sites excluding steroid dienone is 1. The summed E-state index contributed by atoms with van der Waals surface area (Å²) in [4.78, 5) is 26.5. The molecule has 0 spiro atoms. The SMILES string of the molecule is C=CCn1c(=O)/c(=C/c2cccs2)s/c1=C(/C#N)C(=O)NC1CCCCC1. The molecule has 0 saturated heterocycles. The van der Waals surface area contributed by atoms with Gasteiger partial charge < -0.3 is 5.32 Å². The Labute approximate surface area is 165 Å². The Bertz CT molecular complexity index is 1030. The Balaban J connectivity index is 2.08. The number of rotatable bonds is 5. The van der Waals surface area contributed by atoms with Crippen molar-refractivity contribution in [1.82, 2.24) is 9.88 Å². The second-order valence-corrected chi connectivity index (χ2v) is 8.44. The van der Waals surface area contributed by atoms with E-state index in [1.54, 1.807) is 12.2 Å². The van der Waals surface area contributed by atoms with Crippen LogP contribution in [0.5, 0.6) is 0 Å². The van der Waals surface area contributed by atoms with Crippen LogP contribution in [-0.2, 0) is 11.3 Å². The minimum Gasteiger partial charge on any atom is -0.349 e. The summed E-state index contributed by atoms with van der Waals surface area (Å²) in [6.45, 7) is 3.95. The van der Waals surface area contributed by atoms with E-state index in [0.717, 1.165) is 30.6 Å². The van der Waals surface area contributed by atoms with Gasteiger partial charge in [0.25, 0.3) is 11.5 Å². The van der Waals surface area contributed by atoms with Crippen molar-refractivity contribution in [2.75, 3.05) is 0 Å². The van der Waals surface area contributed by atoms with Crippen molar-refractivity contribution in [1.29, 1.82) is 5.26 Å². The Kier molecular flexibility index (Phi) is 6.43. The third-order valence-electron chi connectivity index (χ3n) is 4.53. The molecule has 0 unspecified atom stereocenters. The van der Waals surface area contributed by atoms with Crippen LogP contribution in [0.2, 0.25) is 0 Å². The van der Waals surface area contributed by atoms with Gasteiger partial charge in [0.05, 0.1) is 4.53 Å². The molecule has 1 aliphatic carbocycles. The minimum absolute atomic E-state index is 0.00430. The van der Waals surface area contributed by atoms with E-state index in [0.29, 0.717) is 9.20 Å². The van der Waals surface area contributed by atoms with Gasteiger partial charge in [-0.3, -0.25) is 14.2 Å². The molecular weight excluding hydrogens is 378 g/mol. The highest BCUT2D eigenvalue weighted by Gasteiger charge is 2.20. The van der Waals surface area contributed by atoms with Crippen LogP contribution in [0.15, 0.2) is 35.0 Å². The molecule has 0 radical (unpaired) electrons. The molecule has 1 saturated carbocycles. The zero-order valence-corrected chi connectivity index (χ0v) is 16.6. The lowest BCUT2D eigenvalue weighted by molar-refractivity contribution is -0.116. The van der Waals surface area contributed by atoms with Crippen LogP contribution in [0.4, 0.5) is 0 Å². The van der Waals surface area contributed by atoms with Crippen molar-refractivity contribution in [3.8, 4) is 6.07 Å². The molecule has 1 N–H and O–H groups in total. The van der Waals surface area contributed by atoms with Gasteiger partial charge >= 0.3 is 0 Å². The molecule has 1 aliphatic rings. The Morgan fingerprint density at radius 2 is 2.19 bits per heavy atom. The maximum Gasteiger partial charge on any atom is 0.269 e. The highest BCUT2D eigenvalue weighted by atomic mass is 32.1. The molecule has 0 aliphatic heterocycles. The highest BCUT2D eigenvalue weighted by molar-refractivity contribution is 7.11. The van der Waals surface area contributed by atoms with Gasteiger partial charge in [-0.05, 0) is 30.4 Å². The molecule has 3 rings (SSSR count). The molecule has 5 nitrogen and oxygen atoms in total. The van der Waals surface area contributed by atoms with Gasteiger partial charge in [0, 0.05) is 17.5 Å². The largest absolute Gasteiger partial charge is 0.349 e. The first kappa shape index (κ1) is 19.3. The lowest BCUT2D eigenvalue weighted by atomic mass is 9.95. The summed E-state index contributed by atoms with van der Waals surface area (Å²) < 4.78 is 2.35. The third-order valence-corrected chi connectivity index (χ3v) is 6.48. The number of carbonyl (C=O) groups is 1. The van der Waals surface area contributed by atoms with E-state index in [2.05, 4.69) is 11.9 Å². The number of hydrogen-bond donors (Lipinski definition) is 1. The Hall–Kier alpha value is -2.43. The van der Waals surface area contributed by atoms with Crippen molar-refractivity contribution in [2.24, 2.45) is 0 Å². The van der Waals surface area contributed by atoms with E-state index >= 15 is 0 Å². The normalized spacial score (nSPS) is 16.6. The van der Waals surface area contributed by atoms with Crippen LogP contribution in [0.1, 0.15) is 37.0 Å². The molecule has 140 valence electrons. The van der Waals surface area contributed by atoms with E-state index in [9.17, 15) is 14.9 Å². The number of thiazole rings is 1. The van der Waals surface area contributed by atoms with Crippen LogP contribution in [0.25, 0.3) is 11.6 Å². The summed E-state index contributed by atoms with van der Waals surface area (Å²) in [6.07, 6.45) is 8.64. The first-order valence-electron chi connectivity index (χ1n) is 8.95. The maximum atomic E-state index is 12.8. The summed E-state index contributed by atoms with van der Waals surface area (Å²) in [6, 6.07) is 5.96. The maximum absolute atomic E-state index is 12.8. The molecule has 0 aromatic carbocycles. The van der Waals surface area contributed by atoms with E-state index in [-0.39, 0.29) is 23.7 Å². The molecule has 27 heavy (non-hydrogen) atoms. The zero-order valence-electron chi connectivity index (χ0n) is 14.9. The van der Waals surface area contributed by atoms with Crippen LogP contribution >= 0.6 is 22.7 Å². The van der Waals surface area contributed by atoms with Gasteiger partial charge in [-0.2, -0.15) is 5.26 Å². The Morgan fingerprint density at radius 3 is 2.81 bits per heavy atom. The van der Waals surface area contributed by atoms with Gasteiger partial charge in [-0.15, -0.1) is 29.3 Å². The number of aromatic nitrogens is 1. The van der Waals surface area contributed by atoms with Crippen LogP contribution in [-0.4, -0.2) is 16.5 Å². The van der Waals surface area contributed by atoms with Gasteiger partial charge in [0.1, 0.15) is 10.7 Å². The molecule has 0 bridgehead atoms. The second-order valence-electron chi connectivity index (χ2n) is 6.43. The molecule has 1 fully saturated rings. The number of thiophene rings is 1. The predicted octanol–water partition coefficient (Wildman–Crippen LogP) is 2.11. The van der Waals surface area contributed by atoms with Crippen molar-refractivity contribution in [3.63, 3.8) is 0 Å². The van der Waals surface area contributed by atoms with Gasteiger partial charge in [-0.1, -0.05) is 31.4 Å². The Morgan fingerprint density at radius 1 is 1.41 bits per heavy atom. The fraction of sp³-hybridized carbons (Fsp3) is 0.350. The minimum atomic E-state index is -0.397. The van der Waals surface area contributed by atoms with Gasteiger partial charge in [0.15, 0.2) is 5.57 Å². The molecule has 2 aromatic heterocycles. The quantitative estimate of drug-likeness (QED) is 0.783. The van der Waals surface area contributed by atoms with Gasteiger partial charge in [-0.25, -0.2) is 0 Å². The molecule has 7 heteroatoms. The topological polar surface area (TPSA) is 74.9 Å². The standard InChI is InChI=1S/C20H21N3O2S2/c1-2-10-23-19(25)17(12-15-9-6-11-26-15)27-20(23)16(13-21)18(24)22-14-7-4-3-5-8-14/h2,6,9,11-12,14H,1,3-5,7-8,10H2,(H,22,24)/b17-12-,20-16-. The van der Waals surface area contributed by atoms with Crippen molar-refractivity contribution in [3.05, 3.63) is 54.6 Å². The molecular formula is C20H21N3O2S2. The summed E-state index contributed by atoms with van der Waals surface area (Å²) in [7, 11) is 0. The summed E-state index contributed by atoms with van der Waals surface area (Å²) in [5.74, 6) is -0.397. The predicted molar refractivity (Wildman–Crippen MR) is 110 cm³/mol. The second kappa shape index (κ2) is 8.98. The lowest BCUT2D eigenvalue weighted by Crippen LogP contribution is -2.39. The van der Waals surface area contributed by atoms with Crippen LogP contribution < -0.4 is 20.1 Å². The summed E-state index contributed by atoms with van der Waals surface area (Å²) >= 11 is 2.71. The number of nitrogens with one attached hydrogen (secondary N) is 1. The zero-order chi connectivity index (χ0) is 19.2. The number of hydrogen-bond acceptors (Lipinski definition) is 5. The van der Waals surface area contributed by atoms with Crippen LogP contribution in [0, 0.1) is 11.3 Å². The number of nitrogens with zero attached hydrogens (tertiary/aromatic N) is 2. The van der Waals surface area contributed by atoms with Crippen molar-refractivity contribution in [2.45, 2.75) is 44.7 Å². The smallest absolute Gasteiger partial charge is 0.269 e. The number of amides is 1. The first-order valence-corrected chi connectivity index (χ1v) is 10.6. The van der Waals surface area contributed by atoms with E-state index in [1.807, 2.05) is 23.6 Å².